The second-order valence-corrected chi connectivity index (χ2v) is 7.37. The standard InChI is InChI=1S/C22H21N7O/c30-22(27-18-11-17-3-1-2-4-19(17)24-13-18)16-5-8-28(9-6-16)20-12-21(26-14-25-20)29-10-7-23-15-29/h1-4,7,10-16H,5-6,8-9H2,(H,27,30). The summed E-state index contributed by atoms with van der Waals surface area (Å²) < 4.78 is 1.85. The molecule has 1 amide bonds. The molecule has 0 aliphatic carbocycles. The van der Waals surface area contributed by atoms with Crippen molar-refractivity contribution in [3.05, 3.63) is 67.6 Å². The molecule has 4 heterocycles. The van der Waals surface area contributed by atoms with Crippen LogP contribution >= 0.6 is 0 Å². The summed E-state index contributed by atoms with van der Waals surface area (Å²) in [5.74, 6) is 1.67. The summed E-state index contributed by atoms with van der Waals surface area (Å²) in [5.41, 5.74) is 1.66. The van der Waals surface area contributed by atoms with E-state index in [1.54, 1.807) is 25.0 Å². The molecule has 1 aliphatic heterocycles. The highest BCUT2D eigenvalue weighted by molar-refractivity contribution is 5.94. The Morgan fingerprint density at radius 1 is 1.03 bits per heavy atom. The summed E-state index contributed by atoms with van der Waals surface area (Å²) in [6.45, 7) is 1.54. The molecule has 1 aromatic carbocycles. The van der Waals surface area contributed by atoms with Crippen molar-refractivity contribution >= 4 is 28.3 Å². The third-order valence-corrected chi connectivity index (χ3v) is 5.45. The molecule has 0 saturated carbocycles. The van der Waals surface area contributed by atoms with Gasteiger partial charge in [0, 0.05) is 42.9 Å². The number of rotatable bonds is 4. The van der Waals surface area contributed by atoms with Gasteiger partial charge in [-0.3, -0.25) is 14.3 Å². The highest BCUT2D eigenvalue weighted by Crippen LogP contribution is 2.24. The maximum absolute atomic E-state index is 12.8. The van der Waals surface area contributed by atoms with E-state index in [1.165, 1.54) is 0 Å². The number of carbonyl (C=O) groups excluding carboxylic acids is 1. The molecule has 1 N–H and O–H groups in total. The molecule has 5 rings (SSSR count). The van der Waals surface area contributed by atoms with Crippen LogP contribution in [0.5, 0.6) is 0 Å². The molecule has 1 fully saturated rings. The number of imidazole rings is 1. The second kappa shape index (κ2) is 7.90. The summed E-state index contributed by atoms with van der Waals surface area (Å²) in [4.78, 5) is 32.2. The number of carbonyl (C=O) groups is 1. The van der Waals surface area contributed by atoms with Gasteiger partial charge in [0.05, 0.1) is 17.4 Å². The Bertz CT molecular complexity index is 1170. The van der Waals surface area contributed by atoms with Crippen molar-refractivity contribution in [3.8, 4) is 5.82 Å². The fourth-order valence-electron chi connectivity index (χ4n) is 3.80. The average molecular weight is 399 g/mol. The van der Waals surface area contributed by atoms with Gasteiger partial charge in [0.1, 0.15) is 24.3 Å². The Balaban J connectivity index is 1.22. The van der Waals surface area contributed by atoms with Crippen LogP contribution in [0.25, 0.3) is 16.7 Å². The van der Waals surface area contributed by atoms with Crippen LogP contribution in [0.1, 0.15) is 12.8 Å². The molecule has 1 aliphatic rings. The SMILES string of the molecule is O=C(Nc1cnc2ccccc2c1)C1CCN(c2cc(-n3ccnc3)ncn2)CC1. The summed E-state index contributed by atoms with van der Waals surface area (Å²) in [7, 11) is 0. The van der Waals surface area contributed by atoms with Crippen molar-refractivity contribution in [1.82, 2.24) is 24.5 Å². The van der Waals surface area contributed by atoms with E-state index in [9.17, 15) is 4.79 Å². The van der Waals surface area contributed by atoms with Gasteiger partial charge in [-0.25, -0.2) is 15.0 Å². The Morgan fingerprint density at radius 2 is 1.87 bits per heavy atom. The predicted octanol–water partition coefficient (Wildman–Crippen LogP) is 3.07. The average Bonchev–Trinajstić information content (AvgIpc) is 3.34. The number of hydrogen-bond donors (Lipinski definition) is 1. The van der Waals surface area contributed by atoms with Gasteiger partial charge in [-0.2, -0.15) is 0 Å². The monoisotopic (exact) mass is 399 g/mol. The van der Waals surface area contributed by atoms with Gasteiger partial charge in [0.25, 0.3) is 0 Å². The molecule has 0 spiro atoms. The largest absolute Gasteiger partial charge is 0.356 e. The first-order chi connectivity index (χ1) is 14.8. The highest BCUT2D eigenvalue weighted by Gasteiger charge is 2.26. The molecule has 4 aromatic rings. The minimum absolute atomic E-state index is 0.0253. The highest BCUT2D eigenvalue weighted by atomic mass is 16.1. The lowest BCUT2D eigenvalue weighted by Gasteiger charge is -2.32. The van der Waals surface area contributed by atoms with E-state index in [1.807, 2.05) is 47.2 Å². The zero-order valence-corrected chi connectivity index (χ0v) is 16.3. The molecule has 0 bridgehead atoms. The molecule has 0 radical (unpaired) electrons. The van der Waals surface area contributed by atoms with Gasteiger partial charge in [-0.1, -0.05) is 18.2 Å². The van der Waals surface area contributed by atoms with Crippen molar-refractivity contribution in [2.75, 3.05) is 23.3 Å². The number of amides is 1. The van der Waals surface area contributed by atoms with E-state index < -0.39 is 0 Å². The van der Waals surface area contributed by atoms with E-state index in [-0.39, 0.29) is 11.8 Å². The number of para-hydroxylation sites is 1. The lowest BCUT2D eigenvalue weighted by molar-refractivity contribution is -0.120. The Hall–Kier alpha value is -3.81. The summed E-state index contributed by atoms with van der Waals surface area (Å²) >= 11 is 0. The second-order valence-electron chi connectivity index (χ2n) is 7.37. The van der Waals surface area contributed by atoms with Crippen molar-refractivity contribution in [2.24, 2.45) is 5.92 Å². The van der Waals surface area contributed by atoms with Crippen molar-refractivity contribution in [2.45, 2.75) is 12.8 Å². The first-order valence-electron chi connectivity index (χ1n) is 9.97. The normalized spacial score (nSPS) is 14.7. The molecular formula is C22H21N7O. The first-order valence-corrected chi connectivity index (χ1v) is 9.97. The van der Waals surface area contributed by atoms with Gasteiger partial charge in [0.2, 0.25) is 5.91 Å². The van der Waals surface area contributed by atoms with Crippen LogP contribution < -0.4 is 10.2 Å². The van der Waals surface area contributed by atoms with Crippen LogP contribution in [-0.4, -0.2) is 43.5 Å². The van der Waals surface area contributed by atoms with Crippen molar-refractivity contribution in [1.29, 1.82) is 0 Å². The number of benzene rings is 1. The van der Waals surface area contributed by atoms with Crippen LogP contribution in [0.2, 0.25) is 0 Å². The Morgan fingerprint density at radius 3 is 2.70 bits per heavy atom. The molecule has 3 aromatic heterocycles. The smallest absolute Gasteiger partial charge is 0.227 e. The number of nitrogens with zero attached hydrogens (tertiary/aromatic N) is 6. The number of hydrogen-bond acceptors (Lipinski definition) is 6. The van der Waals surface area contributed by atoms with Gasteiger partial charge in [-0.05, 0) is 25.0 Å². The summed E-state index contributed by atoms with van der Waals surface area (Å²) in [5, 5.41) is 4.05. The molecule has 1 saturated heterocycles. The van der Waals surface area contributed by atoms with Crippen molar-refractivity contribution in [3.63, 3.8) is 0 Å². The number of pyridine rings is 1. The minimum atomic E-state index is -0.0253. The van der Waals surface area contributed by atoms with E-state index in [4.69, 9.17) is 0 Å². The fourth-order valence-corrected chi connectivity index (χ4v) is 3.80. The molecule has 30 heavy (non-hydrogen) atoms. The van der Waals surface area contributed by atoms with Gasteiger partial charge < -0.3 is 10.2 Å². The van der Waals surface area contributed by atoms with E-state index in [2.05, 4.69) is 30.2 Å². The van der Waals surface area contributed by atoms with Crippen LogP contribution in [0, 0.1) is 5.92 Å². The van der Waals surface area contributed by atoms with E-state index in [0.29, 0.717) is 0 Å². The number of nitrogens with one attached hydrogen (secondary N) is 1. The fraction of sp³-hybridized carbons (Fsp3) is 0.227. The Kier molecular flexibility index (Phi) is 4.80. The van der Waals surface area contributed by atoms with Crippen LogP contribution in [0.3, 0.4) is 0 Å². The lowest BCUT2D eigenvalue weighted by atomic mass is 9.96. The number of piperidine rings is 1. The molecule has 0 unspecified atom stereocenters. The third kappa shape index (κ3) is 3.71. The zero-order chi connectivity index (χ0) is 20.3. The van der Waals surface area contributed by atoms with Gasteiger partial charge >= 0.3 is 0 Å². The van der Waals surface area contributed by atoms with Crippen LogP contribution in [0.4, 0.5) is 11.5 Å². The number of aromatic nitrogens is 5. The maximum Gasteiger partial charge on any atom is 0.227 e. The predicted molar refractivity (Wildman–Crippen MR) is 114 cm³/mol. The number of fused-ring (bicyclic) bond motifs is 1. The van der Waals surface area contributed by atoms with Crippen LogP contribution in [-0.2, 0) is 4.79 Å². The maximum atomic E-state index is 12.8. The molecule has 0 atom stereocenters. The molecular weight excluding hydrogens is 378 g/mol. The summed E-state index contributed by atoms with van der Waals surface area (Å²) in [6.07, 6.45) is 10.1. The molecule has 8 nitrogen and oxygen atoms in total. The van der Waals surface area contributed by atoms with E-state index in [0.717, 1.165) is 54.2 Å². The van der Waals surface area contributed by atoms with Gasteiger partial charge in [0.15, 0.2) is 0 Å². The lowest BCUT2D eigenvalue weighted by Crippen LogP contribution is -2.38. The van der Waals surface area contributed by atoms with Crippen molar-refractivity contribution < 1.29 is 4.79 Å². The van der Waals surface area contributed by atoms with Gasteiger partial charge in [-0.15, -0.1) is 0 Å². The topological polar surface area (TPSA) is 88.8 Å². The summed E-state index contributed by atoms with van der Waals surface area (Å²) in [6, 6.07) is 11.8. The number of anilines is 2. The minimum Gasteiger partial charge on any atom is -0.356 e. The third-order valence-electron chi connectivity index (χ3n) is 5.45. The molecule has 150 valence electrons. The first kappa shape index (κ1) is 18.2. The Labute approximate surface area is 173 Å². The quantitative estimate of drug-likeness (QED) is 0.567. The molecule has 8 heteroatoms. The van der Waals surface area contributed by atoms with E-state index >= 15 is 0 Å². The van der Waals surface area contributed by atoms with Crippen LogP contribution in [0.15, 0.2) is 67.6 Å². The zero-order valence-electron chi connectivity index (χ0n) is 16.3.